The lowest BCUT2D eigenvalue weighted by Crippen LogP contribution is -2.15. The molecule has 0 aliphatic heterocycles. The molecular weight excluding hydrogens is 222 g/mol. The molecule has 0 amide bonds. The topological polar surface area (TPSA) is 46.2 Å². The Kier molecular flexibility index (Phi) is 3.39. The molecular formula is C9H12ClNO2S. The zero-order chi connectivity index (χ0) is 10.8. The molecule has 0 aliphatic rings. The van der Waals surface area contributed by atoms with Crippen LogP contribution in [-0.2, 0) is 10.0 Å². The molecule has 1 rings (SSSR count). The van der Waals surface area contributed by atoms with E-state index in [0.29, 0.717) is 10.7 Å². The van der Waals surface area contributed by atoms with E-state index in [0.717, 1.165) is 5.56 Å². The third-order valence-corrected chi connectivity index (χ3v) is 3.45. The second kappa shape index (κ2) is 4.19. The average molecular weight is 234 g/mol. The van der Waals surface area contributed by atoms with Crippen LogP contribution in [0.3, 0.4) is 0 Å². The highest BCUT2D eigenvalue weighted by atomic mass is 35.5. The first-order valence-electron chi connectivity index (χ1n) is 4.22. The van der Waals surface area contributed by atoms with Gasteiger partial charge in [0.2, 0.25) is 10.0 Å². The predicted octanol–water partition coefficient (Wildman–Crippen LogP) is 2.41. The molecule has 0 aromatic heterocycles. The van der Waals surface area contributed by atoms with Crippen LogP contribution in [0.5, 0.6) is 0 Å². The normalized spacial score (nSPS) is 11.4. The number of aryl methyl sites for hydroxylation is 1. The van der Waals surface area contributed by atoms with Gasteiger partial charge in [0.1, 0.15) is 0 Å². The van der Waals surface area contributed by atoms with Gasteiger partial charge in [-0.3, -0.25) is 4.72 Å². The molecule has 0 bridgehead atoms. The Labute approximate surface area is 89.1 Å². The van der Waals surface area contributed by atoms with Crippen LogP contribution in [0.25, 0.3) is 0 Å². The number of benzene rings is 1. The molecule has 0 fully saturated rings. The zero-order valence-electron chi connectivity index (χ0n) is 8.04. The van der Waals surface area contributed by atoms with Crippen LogP contribution < -0.4 is 4.72 Å². The lowest BCUT2D eigenvalue weighted by Gasteiger charge is -2.10. The molecule has 0 spiro atoms. The van der Waals surface area contributed by atoms with E-state index in [1.807, 2.05) is 0 Å². The minimum atomic E-state index is -3.25. The highest BCUT2D eigenvalue weighted by molar-refractivity contribution is 7.92. The van der Waals surface area contributed by atoms with E-state index in [9.17, 15) is 8.42 Å². The molecule has 0 atom stereocenters. The third-order valence-electron chi connectivity index (χ3n) is 1.86. The SMILES string of the molecule is CCS(=O)(=O)Nc1c(C)cccc1Cl. The molecule has 3 nitrogen and oxygen atoms in total. The van der Waals surface area contributed by atoms with Crippen molar-refractivity contribution in [3.05, 3.63) is 28.8 Å². The number of sulfonamides is 1. The van der Waals surface area contributed by atoms with Crippen LogP contribution in [0.4, 0.5) is 5.69 Å². The van der Waals surface area contributed by atoms with Crippen molar-refractivity contribution >= 4 is 27.3 Å². The zero-order valence-corrected chi connectivity index (χ0v) is 9.61. The standard InChI is InChI=1S/C9H12ClNO2S/c1-3-14(12,13)11-9-7(2)5-4-6-8(9)10/h4-6,11H,3H2,1-2H3. The quantitative estimate of drug-likeness (QED) is 0.872. The van der Waals surface area contributed by atoms with Crippen LogP contribution in [-0.4, -0.2) is 14.2 Å². The summed E-state index contributed by atoms with van der Waals surface area (Å²) in [7, 11) is -3.25. The maximum absolute atomic E-state index is 11.3. The number of nitrogens with one attached hydrogen (secondary N) is 1. The highest BCUT2D eigenvalue weighted by Gasteiger charge is 2.11. The van der Waals surface area contributed by atoms with Crippen molar-refractivity contribution in [2.24, 2.45) is 0 Å². The van der Waals surface area contributed by atoms with Crippen molar-refractivity contribution in [2.45, 2.75) is 13.8 Å². The van der Waals surface area contributed by atoms with Gasteiger partial charge < -0.3 is 0 Å². The predicted molar refractivity (Wildman–Crippen MR) is 59.3 cm³/mol. The van der Waals surface area contributed by atoms with Crippen molar-refractivity contribution in [1.82, 2.24) is 0 Å². The molecule has 14 heavy (non-hydrogen) atoms. The maximum atomic E-state index is 11.3. The van der Waals surface area contributed by atoms with Crippen molar-refractivity contribution in [2.75, 3.05) is 10.5 Å². The first kappa shape index (κ1) is 11.3. The molecule has 0 heterocycles. The molecule has 78 valence electrons. The summed E-state index contributed by atoms with van der Waals surface area (Å²) in [5.41, 5.74) is 1.28. The summed E-state index contributed by atoms with van der Waals surface area (Å²) in [6.45, 7) is 3.38. The summed E-state index contributed by atoms with van der Waals surface area (Å²) < 4.78 is 25.1. The van der Waals surface area contributed by atoms with Gasteiger partial charge in [0.25, 0.3) is 0 Å². The van der Waals surface area contributed by atoms with Crippen LogP contribution in [0.1, 0.15) is 12.5 Å². The maximum Gasteiger partial charge on any atom is 0.232 e. The van der Waals surface area contributed by atoms with E-state index < -0.39 is 10.0 Å². The molecule has 1 aromatic rings. The molecule has 0 radical (unpaired) electrons. The van der Waals surface area contributed by atoms with Crippen molar-refractivity contribution in [3.63, 3.8) is 0 Å². The summed E-state index contributed by atoms with van der Waals surface area (Å²) in [5.74, 6) is 0.0393. The van der Waals surface area contributed by atoms with Gasteiger partial charge in [0.05, 0.1) is 16.5 Å². The summed E-state index contributed by atoms with van der Waals surface area (Å²) in [5, 5.41) is 0.419. The number of halogens is 1. The lowest BCUT2D eigenvalue weighted by atomic mass is 10.2. The van der Waals surface area contributed by atoms with Gasteiger partial charge in [-0.05, 0) is 25.5 Å². The minimum absolute atomic E-state index is 0.0393. The van der Waals surface area contributed by atoms with E-state index in [4.69, 9.17) is 11.6 Å². The molecule has 1 aromatic carbocycles. The third kappa shape index (κ3) is 2.62. The van der Waals surface area contributed by atoms with E-state index >= 15 is 0 Å². The van der Waals surface area contributed by atoms with Gasteiger partial charge in [-0.25, -0.2) is 8.42 Å². The first-order valence-corrected chi connectivity index (χ1v) is 6.25. The van der Waals surface area contributed by atoms with Crippen molar-refractivity contribution < 1.29 is 8.42 Å². The van der Waals surface area contributed by atoms with Crippen molar-refractivity contribution in [3.8, 4) is 0 Å². The van der Waals surface area contributed by atoms with Gasteiger partial charge in [-0.2, -0.15) is 0 Å². The van der Waals surface area contributed by atoms with Crippen LogP contribution in [0.2, 0.25) is 5.02 Å². The summed E-state index contributed by atoms with van der Waals surface area (Å²) in [6, 6.07) is 5.24. The second-order valence-corrected chi connectivity index (χ2v) is 5.36. The molecule has 0 saturated carbocycles. The summed E-state index contributed by atoms with van der Waals surface area (Å²) >= 11 is 5.87. The van der Waals surface area contributed by atoms with E-state index in [1.54, 1.807) is 32.0 Å². The Hall–Kier alpha value is -0.740. The van der Waals surface area contributed by atoms with Gasteiger partial charge >= 0.3 is 0 Å². The van der Waals surface area contributed by atoms with Gasteiger partial charge in [0.15, 0.2) is 0 Å². The Morgan fingerprint density at radius 2 is 2.07 bits per heavy atom. The van der Waals surface area contributed by atoms with E-state index in [-0.39, 0.29) is 5.75 Å². The minimum Gasteiger partial charge on any atom is -0.282 e. The fourth-order valence-electron chi connectivity index (χ4n) is 0.989. The number of para-hydroxylation sites is 1. The molecule has 0 aliphatic carbocycles. The van der Waals surface area contributed by atoms with Crippen molar-refractivity contribution in [1.29, 1.82) is 0 Å². The Balaban J connectivity index is 3.09. The van der Waals surface area contributed by atoms with E-state index in [2.05, 4.69) is 4.72 Å². The lowest BCUT2D eigenvalue weighted by molar-refractivity contribution is 0.602. The largest absolute Gasteiger partial charge is 0.282 e. The summed E-state index contributed by atoms with van der Waals surface area (Å²) in [4.78, 5) is 0. The fourth-order valence-corrected chi connectivity index (χ4v) is 2.04. The molecule has 1 N–H and O–H groups in total. The molecule has 0 unspecified atom stereocenters. The number of anilines is 1. The number of hydrogen-bond donors (Lipinski definition) is 1. The van der Waals surface area contributed by atoms with E-state index in [1.165, 1.54) is 0 Å². The average Bonchev–Trinajstić information content (AvgIpc) is 2.12. The fraction of sp³-hybridized carbons (Fsp3) is 0.333. The summed E-state index contributed by atoms with van der Waals surface area (Å²) in [6.07, 6.45) is 0. The Bertz CT molecular complexity index is 408. The number of hydrogen-bond acceptors (Lipinski definition) is 2. The Morgan fingerprint density at radius 3 is 2.57 bits per heavy atom. The smallest absolute Gasteiger partial charge is 0.232 e. The van der Waals surface area contributed by atoms with Crippen LogP contribution >= 0.6 is 11.6 Å². The van der Waals surface area contributed by atoms with Crippen LogP contribution in [0.15, 0.2) is 18.2 Å². The molecule has 0 saturated heterocycles. The van der Waals surface area contributed by atoms with Gasteiger partial charge in [-0.15, -0.1) is 0 Å². The van der Waals surface area contributed by atoms with Gasteiger partial charge in [0, 0.05) is 0 Å². The van der Waals surface area contributed by atoms with Crippen LogP contribution in [0, 0.1) is 6.92 Å². The highest BCUT2D eigenvalue weighted by Crippen LogP contribution is 2.26. The molecule has 5 heteroatoms. The second-order valence-electron chi connectivity index (χ2n) is 2.94. The Morgan fingerprint density at radius 1 is 1.43 bits per heavy atom. The first-order chi connectivity index (χ1) is 6.46. The monoisotopic (exact) mass is 233 g/mol. The van der Waals surface area contributed by atoms with Gasteiger partial charge in [-0.1, -0.05) is 23.7 Å². The number of rotatable bonds is 3.